The van der Waals surface area contributed by atoms with Crippen LogP contribution in [0.15, 0.2) is 437 Å². The van der Waals surface area contributed by atoms with Gasteiger partial charge in [-0.3, -0.25) is 0 Å². The molecule has 0 aliphatic heterocycles. The van der Waals surface area contributed by atoms with E-state index in [2.05, 4.69) is 460 Å². The molecule has 552 valence electrons. The number of benzene rings is 18. The molecule has 0 saturated carbocycles. The SMILES string of the molecule is CC1(C)c2ccccc2-c2ccc(N(c3ccc(-c4ccccc4)cc3)c3cccc4c3sc3c(C5(c6ccccc6)c6ccccc6-c6ccccc65)cccc34)cc21.c1ccc(-c2ccc(N(c3ccccc3)c3cccc(-c4cccc5sc6c(C7(c8ccccc8)c8ccccc8-c8ccccc87)cccc6c45)c3)cc2)cc1. The molecule has 20 aromatic rings. The Hall–Kier alpha value is -14.0. The van der Waals surface area contributed by atoms with E-state index in [0.717, 1.165) is 28.4 Å². The molecule has 0 unspecified atom stereocenters. The molecule has 0 amide bonds. The van der Waals surface area contributed by atoms with Gasteiger partial charge in [-0.1, -0.05) is 378 Å². The molecule has 0 radical (unpaired) electrons. The molecule has 0 N–H and O–H groups in total. The van der Waals surface area contributed by atoms with Crippen LogP contribution in [-0.4, -0.2) is 0 Å². The molecule has 4 heteroatoms. The smallest absolute Gasteiger partial charge is 0.0727 e. The minimum absolute atomic E-state index is 0.122. The van der Waals surface area contributed by atoms with Gasteiger partial charge in [0.1, 0.15) is 0 Å². The predicted octanol–water partition coefficient (Wildman–Crippen LogP) is 31.1. The number of rotatable bonds is 13. The summed E-state index contributed by atoms with van der Waals surface area (Å²) in [7, 11) is 0. The van der Waals surface area contributed by atoms with Crippen LogP contribution in [0.3, 0.4) is 0 Å². The molecule has 3 aliphatic carbocycles. The normalized spacial score (nSPS) is 13.4. The fourth-order valence-corrected chi connectivity index (χ4v) is 22.7. The second kappa shape index (κ2) is 28.2. The highest BCUT2D eigenvalue weighted by molar-refractivity contribution is 7.27. The Kier molecular flexibility index (Phi) is 16.8. The molecule has 3 aliphatic rings. The number of hydrogen-bond acceptors (Lipinski definition) is 4. The number of anilines is 6. The van der Waals surface area contributed by atoms with Crippen molar-refractivity contribution in [1.29, 1.82) is 0 Å². The summed E-state index contributed by atoms with van der Waals surface area (Å²) in [6, 6.07) is 161. The summed E-state index contributed by atoms with van der Waals surface area (Å²) in [4.78, 5) is 4.86. The average molecular weight is 1530 g/mol. The Balaban J connectivity index is 0.000000142. The first-order valence-electron chi connectivity index (χ1n) is 40.5. The van der Waals surface area contributed by atoms with Crippen molar-refractivity contribution in [3.05, 3.63) is 492 Å². The van der Waals surface area contributed by atoms with Gasteiger partial charge in [-0.05, 0) is 195 Å². The van der Waals surface area contributed by atoms with Crippen molar-refractivity contribution in [2.24, 2.45) is 0 Å². The van der Waals surface area contributed by atoms with Crippen LogP contribution < -0.4 is 9.80 Å². The number of hydrogen-bond donors (Lipinski definition) is 0. The zero-order valence-electron chi connectivity index (χ0n) is 64.8. The van der Waals surface area contributed by atoms with E-state index < -0.39 is 10.8 Å². The molecule has 23 rings (SSSR count). The lowest BCUT2D eigenvalue weighted by Gasteiger charge is -2.34. The van der Waals surface area contributed by atoms with Crippen molar-refractivity contribution < 1.29 is 0 Å². The van der Waals surface area contributed by atoms with Gasteiger partial charge in [0.15, 0.2) is 0 Å². The molecule has 0 atom stereocenters. The largest absolute Gasteiger partial charge is 0.310 e. The second-order valence-electron chi connectivity index (χ2n) is 31.6. The highest BCUT2D eigenvalue weighted by atomic mass is 32.1. The molecule has 0 spiro atoms. The first-order chi connectivity index (χ1) is 57.8. The highest BCUT2D eigenvalue weighted by Gasteiger charge is 2.49. The zero-order chi connectivity index (χ0) is 77.8. The maximum Gasteiger partial charge on any atom is 0.0727 e. The Bertz CT molecular complexity index is 7110. The minimum atomic E-state index is -0.484. The molecule has 0 fully saturated rings. The summed E-state index contributed by atoms with van der Waals surface area (Å²) in [5.74, 6) is 0. The molecular weight excluding hydrogens is 1450 g/mol. The number of fused-ring (bicyclic) bond motifs is 15. The van der Waals surface area contributed by atoms with Gasteiger partial charge in [0.25, 0.3) is 0 Å². The molecule has 18 aromatic carbocycles. The Labute approximate surface area is 691 Å². The van der Waals surface area contributed by atoms with Crippen LogP contribution in [0.2, 0.25) is 0 Å². The van der Waals surface area contributed by atoms with E-state index >= 15 is 0 Å². The third-order valence-electron chi connectivity index (χ3n) is 25.1. The summed E-state index contributed by atoms with van der Waals surface area (Å²) >= 11 is 3.86. The fourth-order valence-electron chi connectivity index (χ4n) is 20.0. The van der Waals surface area contributed by atoms with Crippen molar-refractivity contribution in [3.63, 3.8) is 0 Å². The first kappa shape index (κ1) is 69.7. The third kappa shape index (κ3) is 11.0. The van der Waals surface area contributed by atoms with Crippen LogP contribution in [0.1, 0.15) is 69.5 Å². The van der Waals surface area contributed by atoms with Crippen LogP contribution in [-0.2, 0) is 16.2 Å². The van der Waals surface area contributed by atoms with Crippen LogP contribution >= 0.6 is 22.7 Å². The molecule has 2 aromatic heterocycles. The summed E-state index contributed by atoms with van der Waals surface area (Å²) in [6.07, 6.45) is 0. The Morgan fingerprint density at radius 1 is 0.205 bits per heavy atom. The van der Waals surface area contributed by atoms with Crippen LogP contribution in [0, 0.1) is 0 Å². The molecule has 117 heavy (non-hydrogen) atoms. The van der Waals surface area contributed by atoms with E-state index in [1.54, 1.807) is 0 Å². The van der Waals surface area contributed by atoms with Gasteiger partial charge < -0.3 is 9.80 Å². The number of para-hydroxylation sites is 1. The van der Waals surface area contributed by atoms with Crippen LogP contribution in [0.5, 0.6) is 0 Å². The van der Waals surface area contributed by atoms with Crippen molar-refractivity contribution >= 4 is 97.1 Å². The maximum absolute atomic E-state index is 2.50. The fraction of sp³-hybridized carbons (Fsp3) is 0.0442. The van der Waals surface area contributed by atoms with Gasteiger partial charge in [-0.25, -0.2) is 0 Å². The molecule has 2 nitrogen and oxygen atoms in total. The number of thiophene rings is 2. The van der Waals surface area contributed by atoms with Gasteiger partial charge in [-0.15, -0.1) is 22.7 Å². The summed E-state index contributed by atoms with van der Waals surface area (Å²) in [5, 5.41) is 5.16. The Morgan fingerprint density at radius 2 is 0.547 bits per heavy atom. The van der Waals surface area contributed by atoms with Gasteiger partial charge in [-0.2, -0.15) is 0 Å². The lowest BCUT2D eigenvalue weighted by atomic mass is 9.67. The van der Waals surface area contributed by atoms with E-state index in [1.165, 1.54) is 168 Å². The van der Waals surface area contributed by atoms with E-state index in [9.17, 15) is 0 Å². The van der Waals surface area contributed by atoms with Gasteiger partial charge in [0.05, 0.1) is 21.2 Å². The topological polar surface area (TPSA) is 6.48 Å². The summed E-state index contributed by atoms with van der Waals surface area (Å²) in [6.45, 7) is 4.74. The number of nitrogens with zero attached hydrogens (tertiary/aromatic N) is 2. The monoisotopic (exact) mass is 1530 g/mol. The quantitative estimate of drug-likeness (QED) is 0.114. The standard InChI is InChI=1S/C58H41NS.C55H37NS/c1-57(2)49-26-12-9-21-43(49)46-36-35-42(37-53(46)57)59(41-33-31-39(32-34-41)38-17-5-3-6-18-38)54-30-16-25-48-47-24-15-29-52(55(47)60-56(48)54)58(40-19-7-4-8-20-40)50-27-13-10-22-44(50)45-23-11-14-28-51(45)58;1-4-17-38(18-5-1)39-33-35-43(36-34-39)56(42-22-8-3-9-23-42)44-24-14-19-40(37-44)45-27-16-32-52-53(45)48-28-15-31-51(54(48)57-52)55(41-20-6-2-7-21-41)49-29-12-10-25-46(49)47-26-11-13-30-50(47)55/h3-37H,1-2H3;1-37H. The minimum Gasteiger partial charge on any atom is -0.310 e. The van der Waals surface area contributed by atoms with Crippen molar-refractivity contribution in [3.8, 4) is 66.8 Å². The van der Waals surface area contributed by atoms with E-state index in [-0.39, 0.29) is 5.41 Å². The summed E-state index contributed by atoms with van der Waals surface area (Å²) in [5.41, 5.74) is 34.3. The summed E-state index contributed by atoms with van der Waals surface area (Å²) < 4.78 is 5.22. The molecule has 0 bridgehead atoms. The zero-order valence-corrected chi connectivity index (χ0v) is 66.4. The van der Waals surface area contributed by atoms with Crippen LogP contribution in [0.25, 0.3) is 107 Å². The predicted molar refractivity (Wildman–Crippen MR) is 497 cm³/mol. The van der Waals surface area contributed by atoms with Gasteiger partial charge in [0, 0.05) is 69.5 Å². The van der Waals surface area contributed by atoms with Crippen LogP contribution in [0.4, 0.5) is 34.1 Å². The molecule has 0 saturated heterocycles. The van der Waals surface area contributed by atoms with Gasteiger partial charge in [0.2, 0.25) is 0 Å². The maximum atomic E-state index is 2.50. The Morgan fingerprint density at radius 3 is 1.08 bits per heavy atom. The van der Waals surface area contributed by atoms with Crippen molar-refractivity contribution in [1.82, 2.24) is 0 Å². The molecule has 2 heterocycles. The lowest BCUT2D eigenvalue weighted by Crippen LogP contribution is -2.28. The van der Waals surface area contributed by atoms with Gasteiger partial charge >= 0.3 is 0 Å². The lowest BCUT2D eigenvalue weighted by molar-refractivity contribution is 0.660. The van der Waals surface area contributed by atoms with E-state index in [1.807, 2.05) is 22.7 Å². The average Bonchev–Trinajstić information content (AvgIpc) is 1.53. The second-order valence-corrected chi connectivity index (χ2v) is 33.7. The van der Waals surface area contributed by atoms with E-state index in [4.69, 9.17) is 0 Å². The first-order valence-corrected chi connectivity index (χ1v) is 42.2. The highest BCUT2D eigenvalue weighted by Crippen LogP contribution is 2.62. The van der Waals surface area contributed by atoms with E-state index in [0.29, 0.717) is 0 Å². The van der Waals surface area contributed by atoms with Crippen molar-refractivity contribution in [2.45, 2.75) is 30.1 Å². The third-order valence-corrected chi connectivity index (χ3v) is 27.6. The molecular formula is C113H78N2S2. The van der Waals surface area contributed by atoms with Crippen molar-refractivity contribution in [2.75, 3.05) is 9.80 Å².